The van der Waals surface area contributed by atoms with Crippen LogP contribution in [0.2, 0.25) is 0 Å². The molecular weight excluding hydrogens is 212 g/mol. The fraction of sp³-hybridized carbons (Fsp3) is 0.538. The van der Waals surface area contributed by atoms with Crippen LogP contribution in [0, 0.1) is 17.2 Å². The molecule has 0 radical (unpaired) electrons. The van der Waals surface area contributed by atoms with Crippen LogP contribution in [0.4, 0.5) is 5.69 Å². The van der Waals surface area contributed by atoms with E-state index in [9.17, 15) is 0 Å². The van der Waals surface area contributed by atoms with E-state index in [4.69, 9.17) is 11.0 Å². The Hall–Kier alpha value is -1.60. The van der Waals surface area contributed by atoms with Gasteiger partial charge >= 0.3 is 0 Å². The molecule has 4 nitrogen and oxygen atoms in total. The highest BCUT2D eigenvalue weighted by Crippen LogP contribution is 2.24. The molecule has 1 fully saturated rings. The minimum atomic E-state index is 0.313. The smallest absolute Gasteiger partial charge is 0.142 e. The van der Waals surface area contributed by atoms with E-state index in [-0.39, 0.29) is 0 Å². The van der Waals surface area contributed by atoms with Crippen molar-refractivity contribution in [1.82, 2.24) is 4.98 Å². The van der Waals surface area contributed by atoms with Crippen LogP contribution in [-0.2, 0) is 0 Å². The highest BCUT2D eigenvalue weighted by atomic mass is 15.1. The van der Waals surface area contributed by atoms with Gasteiger partial charge in [0.1, 0.15) is 11.8 Å². The first kappa shape index (κ1) is 11.9. The van der Waals surface area contributed by atoms with Crippen LogP contribution in [0.15, 0.2) is 18.3 Å². The van der Waals surface area contributed by atoms with Gasteiger partial charge in [0.05, 0.1) is 0 Å². The lowest BCUT2D eigenvalue weighted by molar-refractivity contribution is 0.348. The Balaban J connectivity index is 2.15. The zero-order valence-corrected chi connectivity index (χ0v) is 10.1. The summed E-state index contributed by atoms with van der Waals surface area (Å²) in [5.74, 6) is 0.544. The number of aromatic nitrogens is 1. The zero-order chi connectivity index (χ0) is 12.3. The van der Waals surface area contributed by atoms with Gasteiger partial charge < -0.3 is 10.6 Å². The molecule has 0 saturated carbocycles. The average molecular weight is 230 g/mol. The van der Waals surface area contributed by atoms with E-state index >= 15 is 0 Å². The second-order valence-corrected chi connectivity index (χ2v) is 4.58. The molecule has 17 heavy (non-hydrogen) atoms. The van der Waals surface area contributed by atoms with Crippen LogP contribution in [0.5, 0.6) is 0 Å². The minimum absolute atomic E-state index is 0.313. The van der Waals surface area contributed by atoms with Crippen molar-refractivity contribution in [2.75, 3.05) is 18.0 Å². The summed E-state index contributed by atoms with van der Waals surface area (Å²) in [5, 5.41) is 8.85. The summed E-state index contributed by atoms with van der Waals surface area (Å²) in [6.45, 7) is 4.13. The monoisotopic (exact) mass is 230 g/mol. The van der Waals surface area contributed by atoms with Gasteiger partial charge in [0, 0.05) is 31.0 Å². The second-order valence-electron chi connectivity index (χ2n) is 4.58. The minimum Gasteiger partial charge on any atom is -0.371 e. The van der Waals surface area contributed by atoms with Crippen molar-refractivity contribution >= 4 is 5.69 Å². The largest absolute Gasteiger partial charge is 0.371 e. The third-order valence-electron chi connectivity index (χ3n) is 3.54. The van der Waals surface area contributed by atoms with Gasteiger partial charge in [-0.05, 0) is 24.5 Å². The third-order valence-corrected chi connectivity index (χ3v) is 3.54. The van der Waals surface area contributed by atoms with Crippen molar-refractivity contribution in [1.29, 1.82) is 5.26 Å². The zero-order valence-electron chi connectivity index (χ0n) is 10.1. The fourth-order valence-corrected chi connectivity index (χ4v) is 2.39. The highest BCUT2D eigenvalue weighted by Gasteiger charge is 2.25. The number of hydrogen-bond acceptors (Lipinski definition) is 4. The summed E-state index contributed by atoms with van der Waals surface area (Å²) in [4.78, 5) is 6.30. The Labute approximate surface area is 102 Å². The molecular formula is C13H18N4. The van der Waals surface area contributed by atoms with Crippen LogP contribution in [0.3, 0.4) is 0 Å². The maximum absolute atomic E-state index is 8.85. The van der Waals surface area contributed by atoms with Crippen LogP contribution < -0.4 is 10.6 Å². The van der Waals surface area contributed by atoms with Crippen LogP contribution in [0.25, 0.3) is 0 Å². The Morgan fingerprint density at radius 3 is 3.18 bits per heavy atom. The van der Waals surface area contributed by atoms with Gasteiger partial charge in [-0.1, -0.05) is 13.3 Å². The molecule has 2 N–H and O–H groups in total. The molecule has 0 spiro atoms. The standard InChI is InChI=1S/C13H18N4/c1-2-10-9-17(6-4-13(10)15)12-3-5-16-11(7-12)8-14/h3,5,7,10,13H,2,4,6,9,15H2,1H3. The number of nitrogens with two attached hydrogens (primary N) is 1. The quantitative estimate of drug-likeness (QED) is 0.836. The van der Waals surface area contributed by atoms with E-state index in [1.807, 2.05) is 12.1 Å². The van der Waals surface area contributed by atoms with Gasteiger partial charge in [-0.15, -0.1) is 0 Å². The lowest BCUT2D eigenvalue weighted by atomic mass is 9.90. The molecule has 2 rings (SSSR count). The van der Waals surface area contributed by atoms with E-state index in [2.05, 4.69) is 22.9 Å². The molecule has 4 heteroatoms. The number of nitrogens with zero attached hydrogens (tertiary/aromatic N) is 3. The number of pyridine rings is 1. The van der Waals surface area contributed by atoms with Crippen molar-refractivity contribution < 1.29 is 0 Å². The van der Waals surface area contributed by atoms with Gasteiger partial charge in [0.2, 0.25) is 0 Å². The van der Waals surface area contributed by atoms with E-state index < -0.39 is 0 Å². The topological polar surface area (TPSA) is 65.9 Å². The van der Waals surface area contributed by atoms with Gasteiger partial charge in [-0.3, -0.25) is 0 Å². The molecule has 2 atom stereocenters. The Bertz CT molecular complexity index is 424. The molecule has 2 heterocycles. The lowest BCUT2D eigenvalue weighted by Crippen LogP contribution is -2.47. The number of hydrogen-bond donors (Lipinski definition) is 1. The molecule has 0 aromatic carbocycles. The number of anilines is 1. The van der Waals surface area contributed by atoms with Gasteiger partial charge in [-0.2, -0.15) is 5.26 Å². The first-order valence-electron chi connectivity index (χ1n) is 6.11. The van der Waals surface area contributed by atoms with E-state index in [1.165, 1.54) is 0 Å². The molecule has 0 amide bonds. The van der Waals surface area contributed by atoms with Crippen LogP contribution in [0.1, 0.15) is 25.5 Å². The first-order valence-corrected chi connectivity index (χ1v) is 6.11. The van der Waals surface area contributed by atoms with Gasteiger partial charge in [0.25, 0.3) is 0 Å². The molecule has 2 unspecified atom stereocenters. The Kier molecular flexibility index (Phi) is 3.60. The molecule has 1 aromatic heterocycles. The summed E-state index contributed by atoms with van der Waals surface area (Å²) < 4.78 is 0. The molecule has 90 valence electrons. The van der Waals surface area contributed by atoms with E-state index in [0.29, 0.717) is 17.7 Å². The maximum atomic E-state index is 8.85. The third kappa shape index (κ3) is 2.56. The SMILES string of the molecule is CCC1CN(c2ccnc(C#N)c2)CCC1N. The summed E-state index contributed by atoms with van der Waals surface area (Å²) >= 11 is 0. The maximum Gasteiger partial charge on any atom is 0.142 e. The molecule has 1 saturated heterocycles. The van der Waals surface area contributed by atoms with Gasteiger partial charge in [-0.25, -0.2) is 4.98 Å². The van der Waals surface area contributed by atoms with Crippen molar-refractivity contribution in [3.8, 4) is 6.07 Å². The number of rotatable bonds is 2. The molecule has 1 aliphatic heterocycles. The summed E-state index contributed by atoms with van der Waals surface area (Å²) in [6.07, 6.45) is 3.82. The highest BCUT2D eigenvalue weighted by molar-refractivity contribution is 5.49. The predicted octanol–water partition coefficient (Wildman–Crippen LogP) is 1.52. The summed E-state index contributed by atoms with van der Waals surface area (Å²) in [5.41, 5.74) is 7.66. The average Bonchev–Trinajstić information content (AvgIpc) is 2.39. The molecule has 1 aromatic rings. The second kappa shape index (κ2) is 5.15. The first-order chi connectivity index (χ1) is 8.24. The van der Waals surface area contributed by atoms with E-state index in [0.717, 1.165) is 31.6 Å². The fourth-order valence-electron chi connectivity index (χ4n) is 2.39. The summed E-state index contributed by atoms with van der Waals surface area (Å²) in [6, 6.07) is 6.20. The molecule has 1 aliphatic rings. The van der Waals surface area contributed by atoms with Crippen LogP contribution in [-0.4, -0.2) is 24.1 Å². The Morgan fingerprint density at radius 2 is 2.47 bits per heavy atom. The van der Waals surface area contributed by atoms with Gasteiger partial charge in [0.15, 0.2) is 0 Å². The van der Waals surface area contributed by atoms with Crippen LogP contribution >= 0.6 is 0 Å². The van der Waals surface area contributed by atoms with E-state index in [1.54, 1.807) is 6.20 Å². The van der Waals surface area contributed by atoms with Crippen molar-refractivity contribution in [2.45, 2.75) is 25.8 Å². The predicted molar refractivity (Wildman–Crippen MR) is 67.5 cm³/mol. The van der Waals surface area contributed by atoms with Crippen molar-refractivity contribution in [2.24, 2.45) is 11.7 Å². The number of piperidine rings is 1. The Morgan fingerprint density at radius 1 is 1.65 bits per heavy atom. The van der Waals surface area contributed by atoms with Crippen molar-refractivity contribution in [3.05, 3.63) is 24.0 Å². The number of nitriles is 1. The summed E-state index contributed by atoms with van der Waals surface area (Å²) in [7, 11) is 0. The van der Waals surface area contributed by atoms with Crippen molar-refractivity contribution in [3.63, 3.8) is 0 Å². The molecule has 0 bridgehead atoms. The normalized spacial score (nSPS) is 24.4. The lowest BCUT2D eigenvalue weighted by Gasteiger charge is -2.37. The molecule has 0 aliphatic carbocycles.